The fraction of sp³-hybridized carbons (Fsp3) is 0.385. The quantitative estimate of drug-likeness (QED) is 0.359. The molecular weight excluding hydrogens is 376 g/mol. The van der Waals surface area contributed by atoms with Crippen LogP contribution in [-0.4, -0.2) is 25.2 Å². The lowest BCUT2D eigenvalue weighted by Crippen LogP contribution is -2.15. The Bertz CT molecular complexity index is 1020. The molecule has 4 heteroatoms. The van der Waals surface area contributed by atoms with E-state index in [4.69, 9.17) is 9.47 Å². The minimum Gasteiger partial charge on any atom is -0.462 e. The summed E-state index contributed by atoms with van der Waals surface area (Å²) in [6.07, 6.45) is 0. The molecule has 30 heavy (non-hydrogen) atoms. The van der Waals surface area contributed by atoms with Crippen LogP contribution in [0, 0.1) is 25.7 Å². The highest BCUT2D eigenvalue weighted by Crippen LogP contribution is 2.35. The van der Waals surface area contributed by atoms with Crippen molar-refractivity contribution in [2.75, 3.05) is 13.2 Å². The molecule has 0 bridgehead atoms. The maximum Gasteiger partial charge on any atom is 0.339 e. The van der Waals surface area contributed by atoms with Gasteiger partial charge in [0.2, 0.25) is 0 Å². The average Bonchev–Trinajstić information content (AvgIpc) is 2.68. The van der Waals surface area contributed by atoms with E-state index in [0.29, 0.717) is 35.1 Å². The first-order chi connectivity index (χ1) is 14.2. The number of hydrogen-bond acceptors (Lipinski definition) is 4. The molecule has 0 saturated heterocycles. The highest BCUT2D eigenvalue weighted by molar-refractivity contribution is 6.24. The van der Waals surface area contributed by atoms with E-state index in [1.165, 1.54) is 0 Å². The molecule has 4 nitrogen and oxygen atoms in total. The lowest BCUT2D eigenvalue weighted by Gasteiger charge is -2.17. The second kappa shape index (κ2) is 8.86. The third kappa shape index (κ3) is 4.48. The molecule has 0 N–H and O–H groups in total. The fourth-order valence-corrected chi connectivity index (χ4v) is 3.52. The van der Waals surface area contributed by atoms with Crippen LogP contribution in [0.3, 0.4) is 0 Å². The summed E-state index contributed by atoms with van der Waals surface area (Å²) in [6, 6.07) is 11.6. The summed E-state index contributed by atoms with van der Waals surface area (Å²) in [7, 11) is 0. The van der Waals surface area contributed by atoms with Crippen LogP contribution in [0.1, 0.15) is 59.5 Å². The van der Waals surface area contributed by atoms with Crippen molar-refractivity contribution in [2.24, 2.45) is 11.8 Å². The fourth-order valence-electron chi connectivity index (χ4n) is 3.52. The van der Waals surface area contributed by atoms with Crippen molar-refractivity contribution in [1.82, 2.24) is 0 Å². The molecule has 0 heterocycles. The lowest BCUT2D eigenvalue weighted by molar-refractivity contribution is 0.0452. The van der Waals surface area contributed by atoms with Crippen molar-refractivity contribution in [3.05, 3.63) is 58.7 Å². The zero-order valence-corrected chi connectivity index (χ0v) is 18.7. The maximum absolute atomic E-state index is 13.1. The molecule has 0 aromatic heterocycles. The van der Waals surface area contributed by atoms with Crippen molar-refractivity contribution < 1.29 is 19.1 Å². The highest BCUT2D eigenvalue weighted by Gasteiger charge is 2.24. The van der Waals surface area contributed by atoms with Crippen LogP contribution in [0.15, 0.2) is 36.4 Å². The first kappa shape index (κ1) is 21.8. The zero-order valence-electron chi connectivity index (χ0n) is 18.7. The van der Waals surface area contributed by atoms with Gasteiger partial charge in [-0.05, 0) is 47.2 Å². The zero-order chi connectivity index (χ0) is 22.0. The number of aryl methyl sites for hydroxylation is 2. The number of carbonyl (C=O) groups excluding carboxylic acids is 2. The predicted octanol–water partition coefficient (Wildman–Crippen LogP) is 6.24. The van der Waals surface area contributed by atoms with Gasteiger partial charge in [-0.1, -0.05) is 75.2 Å². The molecule has 3 aromatic carbocycles. The minimum atomic E-state index is -0.366. The molecule has 0 unspecified atom stereocenters. The van der Waals surface area contributed by atoms with Gasteiger partial charge >= 0.3 is 11.9 Å². The third-order valence-corrected chi connectivity index (χ3v) is 4.93. The largest absolute Gasteiger partial charge is 0.462 e. The predicted molar refractivity (Wildman–Crippen MR) is 121 cm³/mol. The van der Waals surface area contributed by atoms with Crippen LogP contribution >= 0.6 is 0 Å². The summed E-state index contributed by atoms with van der Waals surface area (Å²) in [4.78, 5) is 26.3. The van der Waals surface area contributed by atoms with Crippen molar-refractivity contribution >= 4 is 33.5 Å². The van der Waals surface area contributed by atoms with Crippen molar-refractivity contribution in [3.63, 3.8) is 0 Å². The van der Waals surface area contributed by atoms with E-state index in [-0.39, 0.29) is 23.8 Å². The third-order valence-electron chi connectivity index (χ3n) is 4.93. The number of benzene rings is 3. The van der Waals surface area contributed by atoms with Gasteiger partial charge < -0.3 is 9.47 Å². The summed E-state index contributed by atoms with van der Waals surface area (Å²) in [6.45, 7) is 12.7. The highest BCUT2D eigenvalue weighted by atomic mass is 16.5. The molecule has 0 amide bonds. The first-order valence-electron chi connectivity index (χ1n) is 10.5. The maximum atomic E-state index is 13.1. The SMILES string of the molecule is Cc1ccc2c(C(=O)OCC(C)C)c3cc(C)ccc3c(C(=O)OCC(C)C)c2c1. The Morgan fingerprint density at radius 3 is 1.37 bits per heavy atom. The smallest absolute Gasteiger partial charge is 0.339 e. The van der Waals surface area contributed by atoms with Gasteiger partial charge in [-0.15, -0.1) is 0 Å². The normalized spacial score (nSPS) is 11.5. The Labute approximate surface area is 178 Å². The minimum absolute atomic E-state index is 0.237. The van der Waals surface area contributed by atoms with Crippen LogP contribution in [0.25, 0.3) is 21.5 Å². The molecule has 0 radical (unpaired) electrons. The van der Waals surface area contributed by atoms with Gasteiger partial charge in [-0.25, -0.2) is 9.59 Å². The van der Waals surface area contributed by atoms with Crippen LogP contribution in [0.2, 0.25) is 0 Å². The molecule has 3 aromatic rings. The summed E-state index contributed by atoms with van der Waals surface area (Å²) >= 11 is 0. The number of hydrogen-bond donors (Lipinski definition) is 0. The van der Waals surface area contributed by atoms with E-state index in [1.54, 1.807) is 0 Å². The first-order valence-corrected chi connectivity index (χ1v) is 10.5. The van der Waals surface area contributed by atoms with E-state index < -0.39 is 0 Å². The molecule has 0 aliphatic heterocycles. The van der Waals surface area contributed by atoms with E-state index >= 15 is 0 Å². The Morgan fingerprint density at radius 2 is 1.03 bits per heavy atom. The monoisotopic (exact) mass is 406 g/mol. The molecule has 0 aliphatic rings. The Hall–Kier alpha value is -2.88. The molecule has 0 atom stereocenters. The second-order valence-corrected chi connectivity index (χ2v) is 8.83. The lowest BCUT2D eigenvalue weighted by atomic mass is 9.90. The van der Waals surface area contributed by atoms with E-state index in [9.17, 15) is 9.59 Å². The van der Waals surface area contributed by atoms with Gasteiger partial charge in [0, 0.05) is 0 Å². The van der Waals surface area contributed by atoms with Gasteiger partial charge in [0.25, 0.3) is 0 Å². The van der Waals surface area contributed by atoms with Crippen LogP contribution in [-0.2, 0) is 9.47 Å². The topological polar surface area (TPSA) is 52.6 Å². The number of ether oxygens (including phenoxy) is 2. The summed E-state index contributed by atoms with van der Waals surface area (Å²) in [5, 5.41) is 2.86. The molecule has 158 valence electrons. The van der Waals surface area contributed by atoms with Gasteiger partial charge in [0.1, 0.15) is 0 Å². The molecule has 3 rings (SSSR count). The summed E-state index contributed by atoms with van der Waals surface area (Å²) in [5.74, 6) is -0.257. The van der Waals surface area contributed by atoms with Gasteiger partial charge in [-0.3, -0.25) is 0 Å². The van der Waals surface area contributed by atoms with Crippen molar-refractivity contribution in [1.29, 1.82) is 0 Å². The van der Waals surface area contributed by atoms with E-state index in [1.807, 2.05) is 77.9 Å². The molecule has 0 aliphatic carbocycles. The standard InChI is InChI=1S/C26H30O4/c1-15(2)13-29-25(27)23-19-9-7-18(6)12-22(19)24(26(28)30-14-16(3)4)20-10-8-17(5)11-21(20)23/h7-12,15-16H,13-14H2,1-6H3. The van der Waals surface area contributed by atoms with Crippen molar-refractivity contribution in [3.8, 4) is 0 Å². The van der Waals surface area contributed by atoms with Gasteiger partial charge in [0.15, 0.2) is 0 Å². The number of esters is 2. The van der Waals surface area contributed by atoms with Gasteiger partial charge in [0.05, 0.1) is 24.3 Å². The second-order valence-electron chi connectivity index (χ2n) is 8.83. The molecule has 0 fully saturated rings. The Balaban J connectivity index is 2.33. The average molecular weight is 407 g/mol. The number of fused-ring (bicyclic) bond motifs is 2. The van der Waals surface area contributed by atoms with Crippen LogP contribution in [0.4, 0.5) is 0 Å². The number of rotatable bonds is 6. The molecule has 0 saturated carbocycles. The summed E-state index contributed by atoms with van der Waals surface area (Å²) < 4.78 is 11.2. The molecule has 0 spiro atoms. The Kier molecular flexibility index (Phi) is 6.45. The summed E-state index contributed by atoms with van der Waals surface area (Å²) in [5.41, 5.74) is 3.02. The van der Waals surface area contributed by atoms with Gasteiger partial charge in [-0.2, -0.15) is 0 Å². The number of carbonyl (C=O) groups is 2. The van der Waals surface area contributed by atoms with Crippen molar-refractivity contribution in [2.45, 2.75) is 41.5 Å². The van der Waals surface area contributed by atoms with Crippen LogP contribution < -0.4 is 0 Å². The Morgan fingerprint density at radius 1 is 0.667 bits per heavy atom. The van der Waals surface area contributed by atoms with Crippen LogP contribution in [0.5, 0.6) is 0 Å². The van der Waals surface area contributed by atoms with E-state index in [0.717, 1.165) is 21.9 Å². The van der Waals surface area contributed by atoms with E-state index in [2.05, 4.69) is 0 Å². The molecular formula is C26H30O4.